The first-order chi connectivity index (χ1) is 14.7. The summed E-state index contributed by atoms with van der Waals surface area (Å²) in [5.41, 5.74) is 2.80. The minimum atomic E-state index is -3.59. The quantitative estimate of drug-likeness (QED) is 0.680. The molecule has 2 aromatic rings. The number of benzene rings is 2. The van der Waals surface area contributed by atoms with E-state index in [1.807, 2.05) is 54.6 Å². The zero-order chi connectivity index (χ0) is 22.6. The second-order valence-electron chi connectivity index (χ2n) is 7.33. The molecule has 0 bridgehead atoms. The van der Waals surface area contributed by atoms with Crippen molar-refractivity contribution in [3.05, 3.63) is 65.7 Å². The molecule has 2 aromatic carbocycles. The summed E-state index contributed by atoms with van der Waals surface area (Å²) >= 11 is 0. The van der Waals surface area contributed by atoms with Gasteiger partial charge in [0.2, 0.25) is 22.1 Å². The van der Waals surface area contributed by atoms with Gasteiger partial charge in [-0.25, -0.2) is 18.1 Å². The van der Waals surface area contributed by atoms with Crippen molar-refractivity contribution in [2.24, 2.45) is 4.99 Å². The first kappa shape index (κ1) is 22.6. The molecule has 1 aliphatic heterocycles. The molecule has 164 valence electrons. The van der Waals surface area contributed by atoms with E-state index in [1.165, 1.54) is 11.8 Å². The second-order valence-corrected chi connectivity index (χ2v) is 9.20. The third-order valence-electron chi connectivity index (χ3n) is 4.89. The van der Waals surface area contributed by atoms with Crippen molar-refractivity contribution in [2.75, 3.05) is 17.7 Å². The van der Waals surface area contributed by atoms with Crippen LogP contribution in [0.5, 0.6) is 0 Å². The van der Waals surface area contributed by atoms with Gasteiger partial charge in [0, 0.05) is 18.2 Å². The van der Waals surface area contributed by atoms with E-state index >= 15 is 0 Å². The molecule has 2 atom stereocenters. The number of amides is 2. The van der Waals surface area contributed by atoms with Crippen LogP contribution in [0.2, 0.25) is 0 Å². The Morgan fingerprint density at radius 2 is 1.77 bits per heavy atom. The fourth-order valence-electron chi connectivity index (χ4n) is 3.35. The summed E-state index contributed by atoms with van der Waals surface area (Å²) in [5, 5.41) is 2.59. The summed E-state index contributed by atoms with van der Waals surface area (Å²) in [6.07, 6.45) is -0.767. The lowest BCUT2D eigenvalue weighted by atomic mass is 10.0. The van der Waals surface area contributed by atoms with Gasteiger partial charge in [-0.15, -0.1) is 0 Å². The lowest BCUT2D eigenvalue weighted by Gasteiger charge is -2.22. The maximum atomic E-state index is 13.1. The van der Waals surface area contributed by atoms with Crippen molar-refractivity contribution in [1.82, 2.24) is 10.0 Å². The van der Waals surface area contributed by atoms with Gasteiger partial charge >= 0.3 is 0 Å². The number of fused-ring (bicyclic) bond motifs is 1. The van der Waals surface area contributed by atoms with Gasteiger partial charge in [0.05, 0.1) is 23.2 Å². The molecule has 1 aliphatic rings. The lowest BCUT2D eigenvalue weighted by molar-refractivity contribution is -0.128. The highest BCUT2D eigenvalue weighted by atomic mass is 32.2. The number of nitrogens with zero attached hydrogens (tertiary/aromatic N) is 2. The summed E-state index contributed by atoms with van der Waals surface area (Å²) < 4.78 is 26.3. The summed E-state index contributed by atoms with van der Waals surface area (Å²) in [7, 11) is -1.97. The van der Waals surface area contributed by atoms with Gasteiger partial charge in [-0.2, -0.15) is 0 Å². The van der Waals surface area contributed by atoms with Gasteiger partial charge in [0.1, 0.15) is 0 Å². The van der Waals surface area contributed by atoms with Crippen LogP contribution in [0.25, 0.3) is 0 Å². The van der Waals surface area contributed by atoms with Gasteiger partial charge in [-0.1, -0.05) is 55.5 Å². The highest BCUT2D eigenvalue weighted by molar-refractivity contribution is 7.89. The number of nitrogens with one attached hydrogen (secondary N) is 2. The van der Waals surface area contributed by atoms with E-state index in [-0.39, 0.29) is 5.75 Å². The van der Waals surface area contributed by atoms with Crippen LogP contribution in [0.1, 0.15) is 31.4 Å². The fourth-order valence-corrected chi connectivity index (χ4v) is 4.65. The summed E-state index contributed by atoms with van der Waals surface area (Å²) in [5.74, 6) is -1.13. The summed E-state index contributed by atoms with van der Waals surface area (Å²) in [4.78, 5) is 31.8. The number of benzodiazepines with no additional fused rings is 1. The minimum absolute atomic E-state index is 0.0820. The van der Waals surface area contributed by atoms with E-state index < -0.39 is 34.0 Å². The molecule has 0 saturated carbocycles. The largest absolute Gasteiger partial charge is 0.325 e. The Morgan fingerprint density at radius 1 is 1.13 bits per heavy atom. The number of aliphatic imine (C=N–C) groups is 1. The van der Waals surface area contributed by atoms with E-state index in [0.29, 0.717) is 17.8 Å². The number of rotatable bonds is 7. The number of sulfonamides is 1. The highest BCUT2D eigenvalue weighted by Crippen LogP contribution is 2.27. The van der Waals surface area contributed by atoms with Crippen molar-refractivity contribution in [1.29, 1.82) is 0 Å². The van der Waals surface area contributed by atoms with Crippen LogP contribution in [0.3, 0.4) is 0 Å². The van der Waals surface area contributed by atoms with Gasteiger partial charge in [-0.3, -0.25) is 9.59 Å². The van der Waals surface area contributed by atoms with Gasteiger partial charge < -0.3 is 10.2 Å². The molecule has 1 heterocycles. The number of hydrogen-bond acceptors (Lipinski definition) is 5. The number of anilines is 1. The van der Waals surface area contributed by atoms with Crippen LogP contribution < -0.4 is 14.9 Å². The summed E-state index contributed by atoms with van der Waals surface area (Å²) in [6, 6.07) is 15.7. The smallest absolute Gasteiger partial charge is 0.272 e. The Bertz CT molecular complexity index is 1100. The van der Waals surface area contributed by atoms with Crippen molar-refractivity contribution >= 4 is 33.2 Å². The fraction of sp³-hybridized carbons (Fsp3) is 0.318. The van der Waals surface area contributed by atoms with Gasteiger partial charge in [0.25, 0.3) is 5.91 Å². The molecule has 0 saturated heterocycles. The van der Waals surface area contributed by atoms with Gasteiger partial charge in [-0.05, 0) is 19.4 Å². The Morgan fingerprint density at radius 3 is 2.45 bits per heavy atom. The van der Waals surface area contributed by atoms with E-state index in [0.717, 1.165) is 11.1 Å². The number of hydrogen-bond donors (Lipinski definition) is 2. The first-order valence-corrected chi connectivity index (χ1v) is 11.7. The molecule has 2 amide bonds. The monoisotopic (exact) mass is 442 g/mol. The van der Waals surface area contributed by atoms with E-state index in [2.05, 4.69) is 15.0 Å². The van der Waals surface area contributed by atoms with Gasteiger partial charge in [0.15, 0.2) is 0 Å². The van der Waals surface area contributed by atoms with E-state index in [1.54, 1.807) is 14.0 Å². The average Bonchev–Trinajstić information content (AvgIpc) is 2.84. The number of carbonyl (C=O) groups is 2. The Kier molecular flexibility index (Phi) is 6.87. The molecule has 0 aliphatic carbocycles. The average molecular weight is 443 g/mol. The predicted molar refractivity (Wildman–Crippen MR) is 121 cm³/mol. The van der Waals surface area contributed by atoms with Crippen molar-refractivity contribution in [2.45, 2.75) is 32.5 Å². The molecule has 0 aromatic heterocycles. The Balaban J connectivity index is 1.95. The molecule has 0 spiro atoms. The maximum absolute atomic E-state index is 13.1. The van der Waals surface area contributed by atoms with Crippen molar-refractivity contribution in [3.63, 3.8) is 0 Å². The summed E-state index contributed by atoms with van der Waals surface area (Å²) in [6.45, 7) is 3.17. The molecule has 2 unspecified atom stereocenters. The third-order valence-corrected chi connectivity index (χ3v) is 6.55. The highest BCUT2D eigenvalue weighted by Gasteiger charge is 2.32. The second kappa shape index (κ2) is 9.40. The standard InChI is InChI=1S/C22H26N4O4S/c1-4-14-31(29,30)25-15(2)21(27)24-20-22(28)26(3)18-13-9-8-12-17(18)19(23-20)16-10-6-5-7-11-16/h5-13,15,20,25H,4,14H2,1-3H3,(H,24,27). The van der Waals surface area contributed by atoms with Crippen LogP contribution >= 0.6 is 0 Å². The van der Waals surface area contributed by atoms with Crippen molar-refractivity contribution in [3.8, 4) is 0 Å². The number of likely N-dealkylation sites (N-methyl/N-ethyl adjacent to an activating group) is 1. The zero-order valence-corrected chi connectivity index (χ0v) is 18.5. The van der Waals surface area contributed by atoms with Crippen LogP contribution in [0.4, 0.5) is 5.69 Å². The number of para-hydroxylation sites is 1. The molecule has 31 heavy (non-hydrogen) atoms. The molecular weight excluding hydrogens is 416 g/mol. The molecule has 0 fully saturated rings. The Hall–Kier alpha value is -3.04. The molecule has 2 N–H and O–H groups in total. The van der Waals surface area contributed by atoms with Crippen LogP contribution in [0, 0.1) is 0 Å². The van der Waals surface area contributed by atoms with Crippen LogP contribution in [-0.2, 0) is 19.6 Å². The Labute approximate surface area is 182 Å². The third kappa shape index (κ3) is 5.18. The zero-order valence-electron chi connectivity index (χ0n) is 17.7. The predicted octanol–water partition coefficient (Wildman–Crippen LogP) is 1.66. The van der Waals surface area contributed by atoms with E-state index in [4.69, 9.17) is 0 Å². The molecule has 9 heteroatoms. The van der Waals surface area contributed by atoms with Crippen molar-refractivity contribution < 1.29 is 18.0 Å². The normalized spacial score (nSPS) is 17.4. The van der Waals surface area contributed by atoms with Crippen LogP contribution in [0.15, 0.2) is 59.6 Å². The first-order valence-electron chi connectivity index (χ1n) is 10.0. The molecule has 8 nitrogen and oxygen atoms in total. The van der Waals surface area contributed by atoms with Crippen LogP contribution in [-0.4, -0.2) is 51.0 Å². The topological polar surface area (TPSA) is 108 Å². The molecule has 3 rings (SSSR count). The minimum Gasteiger partial charge on any atom is -0.325 e. The SMILES string of the molecule is CCCS(=O)(=O)NC(C)C(=O)NC1N=C(c2ccccc2)c2ccccc2N(C)C1=O. The maximum Gasteiger partial charge on any atom is 0.272 e. The van der Waals surface area contributed by atoms with E-state index in [9.17, 15) is 18.0 Å². The molecular formula is C22H26N4O4S. The molecule has 0 radical (unpaired) electrons. The number of carbonyl (C=O) groups excluding carboxylic acids is 2. The lowest BCUT2D eigenvalue weighted by Crippen LogP contribution is -2.52.